The zero-order chi connectivity index (χ0) is 17.9. The number of guanidine groups is 1. The summed E-state index contributed by atoms with van der Waals surface area (Å²) in [4.78, 5) is 4.23. The number of hydrogen-bond acceptors (Lipinski definition) is 4. The van der Waals surface area contributed by atoms with E-state index in [0.717, 1.165) is 62.8 Å². The number of unbranched alkanes of at least 4 members (excludes halogenated alkanes) is 1. The van der Waals surface area contributed by atoms with Crippen LogP contribution in [0.2, 0.25) is 5.02 Å². The lowest BCUT2D eigenvalue weighted by molar-refractivity contribution is 0.143. The van der Waals surface area contributed by atoms with Gasteiger partial charge in [0.2, 0.25) is 0 Å². The van der Waals surface area contributed by atoms with Crippen LogP contribution in [0.5, 0.6) is 11.5 Å². The Hall–Kier alpha value is -0.930. The van der Waals surface area contributed by atoms with Gasteiger partial charge in [-0.25, -0.2) is 0 Å². The average Bonchev–Trinajstić information content (AvgIpc) is 2.63. The molecule has 1 aliphatic heterocycles. The topological polar surface area (TPSA) is 64.1 Å². The minimum atomic E-state index is 0. The quantitative estimate of drug-likeness (QED) is 0.237. The summed E-state index contributed by atoms with van der Waals surface area (Å²) < 4.78 is 16.5. The first kappa shape index (κ1) is 23.1. The van der Waals surface area contributed by atoms with E-state index in [9.17, 15) is 0 Å². The van der Waals surface area contributed by atoms with E-state index >= 15 is 0 Å². The van der Waals surface area contributed by atoms with Crippen molar-refractivity contribution in [3.63, 3.8) is 0 Å². The number of nitrogens with one attached hydrogen (secondary N) is 2. The van der Waals surface area contributed by atoms with E-state index in [-0.39, 0.29) is 24.0 Å². The number of rotatable bonds is 9. The maximum absolute atomic E-state index is 6.27. The predicted octanol–water partition coefficient (Wildman–Crippen LogP) is 3.25. The van der Waals surface area contributed by atoms with Crippen molar-refractivity contribution < 1.29 is 14.2 Å². The fourth-order valence-corrected chi connectivity index (χ4v) is 2.82. The van der Waals surface area contributed by atoms with Gasteiger partial charge in [0.15, 0.2) is 17.5 Å². The van der Waals surface area contributed by atoms with Crippen LogP contribution in [-0.4, -0.2) is 52.5 Å². The average molecular weight is 498 g/mol. The Morgan fingerprint density at radius 3 is 2.73 bits per heavy atom. The van der Waals surface area contributed by atoms with Gasteiger partial charge in [0.05, 0.1) is 5.02 Å². The molecule has 2 N–H and O–H groups in total. The molecule has 6 nitrogen and oxygen atoms in total. The molecule has 0 atom stereocenters. The van der Waals surface area contributed by atoms with E-state index in [1.54, 1.807) is 7.05 Å². The standard InChI is InChI=1S/C18H28ClN3O3.HI/c1-3-23-9-5-4-7-21-18(20-2)22-8-6-14-12-15(19)17-16(13-14)24-10-11-25-17;/h12-13H,3-11H2,1-2H3,(H2,20,21,22);1H. The normalized spacial score (nSPS) is 13.1. The second-order valence-corrected chi connectivity index (χ2v) is 6.09. The van der Waals surface area contributed by atoms with Crippen molar-refractivity contribution in [1.29, 1.82) is 0 Å². The molecule has 0 saturated heterocycles. The third kappa shape index (κ3) is 7.75. The molecule has 8 heteroatoms. The molecule has 1 aliphatic rings. The molecule has 0 spiro atoms. The van der Waals surface area contributed by atoms with E-state index in [1.165, 1.54) is 0 Å². The Kier molecular flexibility index (Phi) is 11.8. The maximum Gasteiger partial charge on any atom is 0.190 e. The van der Waals surface area contributed by atoms with Crippen LogP contribution in [0.25, 0.3) is 0 Å². The summed E-state index contributed by atoms with van der Waals surface area (Å²) in [7, 11) is 1.77. The lowest BCUT2D eigenvalue weighted by Crippen LogP contribution is -2.38. The van der Waals surface area contributed by atoms with E-state index in [1.807, 2.05) is 19.1 Å². The molecule has 26 heavy (non-hydrogen) atoms. The first-order valence-electron chi connectivity index (χ1n) is 8.85. The van der Waals surface area contributed by atoms with E-state index in [2.05, 4.69) is 15.6 Å². The van der Waals surface area contributed by atoms with Crippen LogP contribution in [0, 0.1) is 0 Å². The summed E-state index contributed by atoms with van der Waals surface area (Å²) in [5, 5.41) is 7.22. The smallest absolute Gasteiger partial charge is 0.190 e. The Bertz CT molecular complexity index is 573. The van der Waals surface area contributed by atoms with E-state index in [0.29, 0.717) is 24.0 Å². The molecule has 2 rings (SSSR count). The lowest BCUT2D eigenvalue weighted by atomic mass is 10.1. The van der Waals surface area contributed by atoms with Crippen LogP contribution in [0.4, 0.5) is 0 Å². The molecule has 0 saturated carbocycles. The van der Waals surface area contributed by atoms with E-state index in [4.69, 9.17) is 25.8 Å². The van der Waals surface area contributed by atoms with Crippen LogP contribution < -0.4 is 20.1 Å². The summed E-state index contributed by atoms with van der Waals surface area (Å²) in [6.45, 7) is 6.34. The predicted molar refractivity (Wildman–Crippen MR) is 117 cm³/mol. The number of benzene rings is 1. The zero-order valence-electron chi connectivity index (χ0n) is 15.5. The van der Waals surface area contributed by atoms with Gasteiger partial charge in [0.25, 0.3) is 0 Å². The highest BCUT2D eigenvalue weighted by atomic mass is 127. The number of halogens is 2. The van der Waals surface area contributed by atoms with Gasteiger partial charge >= 0.3 is 0 Å². The summed E-state index contributed by atoms with van der Waals surface area (Å²) in [6, 6.07) is 3.92. The van der Waals surface area contributed by atoms with Crippen molar-refractivity contribution >= 4 is 41.5 Å². The highest BCUT2D eigenvalue weighted by Gasteiger charge is 2.16. The van der Waals surface area contributed by atoms with Gasteiger partial charge in [-0.2, -0.15) is 0 Å². The molecule has 0 radical (unpaired) electrons. The molecule has 1 aromatic carbocycles. The third-order valence-corrected chi connectivity index (χ3v) is 4.08. The molecule has 0 aromatic heterocycles. The van der Waals surface area contributed by atoms with Crippen LogP contribution in [0.3, 0.4) is 0 Å². The Labute approximate surface area is 178 Å². The molecule has 1 heterocycles. The lowest BCUT2D eigenvalue weighted by Gasteiger charge is -2.20. The fourth-order valence-electron chi connectivity index (χ4n) is 2.53. The second kappa shape index (κ2) is 13.3. The molecule has 0 bridgehead atoms. The van der Waals surface area contributed by atoms with Crippen molar-refractivity contribution in [2.24, 2.45) is 4.99 Å². The van der Waals surface area contributed by atoms with Crippen LogP contribution in [-0.2, 0) is 11.2 Å². The monoisotopic (exact) mass is 497 g/mol. The van der Waals surface area contributed by atoms with Crippen LogP contribution >= 0.6 is 35.6 Å². The molecule has 0 aliphatic carbocycles. The van der Waals surface area contributed by atoms with Gasteiger partial charge in [0.1, 0.15) is 13.2 Å². The van der Waals surface area contributed by atoms with Crippen molar-refractivity contribution in [3.05, 3.63) is 22.7 Å². The molecule has 148 valence electrons. The first-order chi connectivity index (χ1) is 12.2. The van der Waals surface area contributed by atoms with E-state index < -0.39 is 0 Å². The summed E-state index contributed by atoms with van der Waals surface area (Å²) in [5.41, 5.74) is 1.11. The van der Waals surface area contributed by atoms with Gasteiger partial charge in [-0.3, -0.25) is 4.99 Å². The van der Waals surface area contributed by atoms with Gasteiger partial charge < -0.3 is 24.8 Å². The van der Waals surface area contributed by atoms with Crippen LogP contribution in [0.15, 0.2) is 17.1 Å². The highest BCUT2D eigenvalue weighted by Crippen LogP contribution is 2.38. The molecular formula is C18H29ClIN3O3. The molecular weight excluding hydrogens is 469 g/mol. The van der Waals surface area contributed by atoms with Gasteiger partial charge in [-0.05, 0) is 43.9 Å². The number of hydrogen-bond donors (Lipinski definition) is 2. The largest absolute Gasteiger partial charge is 0.486 e. The Morgan fingerprint density at radius 2 is 1.96 bits per heavy atom. The highest BCUT2D eigenvalue weighted by molar-refractivity contribution is 14.0. The van der Waals surface area contributed by atoms with Crippen molar-refractivity contribution in [2.45, 2.75) is 26.2 Å². The van der Waals surface area contributed by atoms with Gasteiger partial charge in [-0.1, -0.05) is 11.6 Å². The minimum Gasteiger partial charge on any atom is -0.486 e. The molecule has 0 amide bonds. The Morgan fingerprint density at radius 1 is 1.19 bits per heavy atom. The number of aliphatic imine (C=N–C) groups is 1. The van der Waals surface area contributed by atoms with Gasteiger partial charge in [-0.15, -0.1) is 24.0 Å². The first-order valence-corrected chi connectivity index (χ1v) is 9.22. The van der Waals surface area contributed by atoms with Crippen molar-refractivity contribution in [2.75, 3.05) is 46.6 Å². The summed E-state index contributed by atoms with van der Waals surface area (Å²) in [6.07, 6.45) is 2.92. The third-order valence-electron chi connectivity index (χ3n) is 3.80. The Balaban J connectivity index is 0.00000338. The molecule has 1 aromatic rings. The van der Waals surface area contributed by atoms with Crippen molar-refractivity contribution in [1.82, 2.24) is 10.6 Å². The second-order valence-electron chi connectivity index (χ2n) is 5.68. The van der Waals surface area contributed by atoms with Gasteiger partial charge in [0, 0.05) is 33.4 Å². The SMILES string of the molecule is CCOCCCCNC(=NC)NCCc1cc(Cl)c2c(c1)OCCO2.I. The maximum atomic E-state index is 6.27. The minimum absolute atomic E-state index is 0. The van der Waals surface area contributed by atoms with Crippen molar-refractivity contribution in [3.8, 4) is 11.5 Å². The molecule has 0 unspecified atom stereocenters. The molecule has 0 fully saturated rings. The fraction of sp³-hybridized carbons (Fsp3) is 0.611. The van der Waals surface area contributed by atoms with Crippen LogP contribution in [0.1, 0.15) is 25.3 Å². The zero-order valence-corrected chi connectivity index (χ0v) is 18.6. The number of ether oxygens (including phenoxy) is 3. The number of fused-ring (bicyclic) bond motifs is 1. The number of nitrogens with zero attached hydrogens (tertiary/aromatic N) is 1. The summed E-state index contributed by atoms with van der Waals surface area (Å²) >= 11 is 6.27. The summed E-state index contributed by atoms with van der Waals surface area (Å²) in [5.74, 6) is 2.18.